The van der Waals surface area contributed by atoms with Crippen molar-refractivity contribution in [1.29, 1.82) is 0 Å². The van der Waals surface area contributed by atoms with Crippen LogP contribution >= 0.6 is 23.2 Å². The van der Waals surface area contributed by atoms with Gasteiger partial charge < -0.3 is 29.7 Å². The molecule has 1 saturated heterocycles. The molecule has 0 aromatic heterocycles. The van der Waals surface area contributed by atoms with Crippen LogP contribution in [0.15, 0.2) is 36.4 Å². The van der Waals surface area contributed by atoms with Gasteiger partial charge in [0.2, 0.25) is 0 Å². The highest BCUT2D eigenvalue weighted by Gasteiger charge is 2.28. The average Bonchev–Trinajstić information content (AvgIpc) is 2.90. The van der Waals surface area contributed by atoms with E-state index in [9.17, 15) is 19.5 Å². The molecule has 2 aromatic carbocycles. The molecule has 3 rings (SSSR count). The summed E-state index contributed by atoms with van der Waals surface area (Å²) in [5, 5.41) is 11.8. The van der Waals surface area contributed by atoms with E-state index in [2.05, 4.69) is 29.1 Å². The van der Waals surface area contributed by atoms with Crippen LogP contribution in [0.1, 0.15) is 38.1 Å². The Labute approximate surface area is 235 Å². The summed E-state index contributed by atoms with van der Waals surface area (Å²) in [6, 6.07) is 9.12. The number of hydrogen-bond donors (Lipinski definition) is 2. The molecule has 38 heavy (non-hydrogen) atoms. The highest BCUT2D eigenvalue weighted by Crippen LogP contribution is 2.41. The summed E-state index contributed by atoms with van der Waals surface area (Å²) in [4.78, 5) is 41.5. The van der Waals surface area contributed by atoms with E-state index in [0.717, 1.165) is 18.6 Å². The first-order valence-corrected chi connectivity index (χ1v) is 13.1. The summed E-state index contributed by atoms with van der Waals surface area (Å²) in [5.41, 5.74) is 0.586. The number of ether oxygens (including phenoxy) is 2. The van der Waals surface area contributed by atoms with Crippen molar-refractivity contribution in [1.82, 2.24) is 15.1 Å². The molecule has 0 saturated carbocycles. The Hall–Kier alpha value is -2.85. The molecule has 1 aliphatic rings. The minimum atomic E-state index is -1.01. The maximum absolute atomic E-state index is 12.9. The van der Waals surface area contributed by atoms with Crippen LogP contribution in [0.2, 0.25) is 10.0 Å². The number of piperazine rings is 1. The number of likely N-dealkylation sites (N-methyl/N-ethyl adjacent to an activating group) is 2. The molecule has 9 nitrogen and oxygen atoms in total. The maximum atomic E-state index is 12.9. The standard InChI is InChI=1S/C20H19Cl2NO6.C7H16N2.H2/c1-3-28-20(27)15(9-12-7-5-4-6-8-12)23-19(26)13-10-14(21)17(25)16(22)18(13)29-11(2)24;1-3-9-6-4-8(2)5-7-9;/h4-8,10,15,25H,3,9H2,1-2H3,(H,23,26);3-7H2,1-2H3;1H/t15-;;/m1../s1. The average molecular weight is 571 g/mol. The summed E-state index contributed by atoms with van der Waals surface area (Å²) < 4.78 is 10.0. The number of halogens is 2. The molecular formula is C27H37Cl2N3O6. The molecule has 2 N–H and O–H groups in total. The van der Waals surface area contributed by atoms with E-state index in [0.29, 0.717) is 0 Å². The zero-order valence-corrected chi connectivity index (χ0v) is 23.6. The van der Waals surface area contributed by atoms with Gasteiger partial charge in [-0.3, -0.25) is 9.59 Å². The molecule has 0 aliphatic carbocycles. The first kappa shape index (κ1) is 31.4. The molecule has 11 heteroatoms. The molecular weight excluding hydrogens is 533 g/mol. The number of phenols is 1. The molecule has 1 amide bonds. The second-order valence-corrected chi connectivity index (χ2v) is 9.48. The Morgan fingerprint density at radius 1 is 1.11 bits per heavy atom. The first-order valence-electron chi connectivity index (χ1n) is 12.4. The Morgan fingerprint density at radius 3 is 2.29 bits per heavy atom. The lowest BCUT2D eigenvalue weighted by molar-refractivity contribution is -0.145. The van der Waals surface area contributed by atoms with Crippen LogP contribution in [0.4, 0.5) is 0 Å². The summed E-state index contributed by atoms with van der Waals surface area (Å²) in [6.45, 7) is 11.3. The molecule has 2 aromatic rings. The maximum Gasteiger partial charge on any atom is 0.328 e. The minimum absolute atomic E-state index is 0. The van der Waals surface area contributed by atoms with Crippen molar-refractivity contribution in [3.8, 4) is 11.5 Å². The van der Waals surface area contributed by atoms with Gasteiger partial charge in [0, 0.05) is 41.0 Å². The summed E-state index contributed by atoms with van der Waals surface area (Å²) in [6.07, 6.45) is 0.174. The monoisotopic (exact) mass is 569 g/mol. The van der Waals surface area contributed by atoms with Gasteiger partial charge in [-0.2, -0.15) is 0 Å². The third-order valence-electron chi connectivity index (χ3n) is 5.84. The quantitative estimate of drug-likeness (QED) is 0.362. The summed E-state index contributed by atoms with van der Waals surface area (Å²) in [5.74, 6) is -3.06. The Morgan fingerprint density at radius 2 is 1.74 bits per heavy atom. The zero-order valence-electron chi connectivity index (χ0n) is 22.1. The van der Waals surface area contributed by atoms with E-state index >= 15 is 0 Å². The van der Waals surface area contributed by atoms with E-state index in [4.69, 9.17) is 32.7 Å². The number of phenolic OH excluding ortho intramolecular Hbond substituents is 1. The number of benzene rings is 2. The molecule has 0 unspecified atom stereocenters. The van der Waals surface area contributed by atoms with Crippen molar-refractivity contribution in [2.24, 2.45) is 0 Å². The van der Waals surface area contributed by atoms with Crippen molar-refractivity contribution >= 4 is 41.0 Å². The lowest BCUT2D eigenvalue weighted by atomic mass is 10.1. The van der Waals surface area contributed by atoms with Gasteiger partial charge in [-0.05, 0) is 32.1 Å². The third-order valence-corrected chi connectivity index (χ3v) is 6.48. The van der Waals surface area contributed by atoms with Crippen molar-refractivity contribution < 1.29 is 30.4 Å². The fourth-order valence-electron chi connectivity index (χ4n) is 3.69. The summed E-state index contributed by atoms with van der Waals surface area (Å²) in [7, 11) is 2.19. The number of aromatic hydroxyl groups is 1. The molecule has 1 aliphatic heterocycles. The SMILES string of the molecule is CCN1CCN(C)CC1.CCOC(=O)[C@@H](Cc1ccccc1)NC(=O)c1cc(Cl)c(O)c(Cl)c1OC(C)=O.[HH]. The van der Waals surface area contributed by atoms with Crippen LogP contribution < -0.4 is 10.1 Å². The lowest BCUT2D eigenvalue weighted by Crippen LogP contribution is -2.44. The first-order chi connectivity index (χ1) is 18.1. The fraction of sp³-hybridized carbons (Fsp3) is 0.444. The van der Waals surface area contributed by atoms with Crippen molar-refractivity contribution in [2.75, 3.05) is 46.4 Å². The van der Waals surface area contributed by atoms with Gasteiger partial charge in [-0.25, -0.2) is 4.79 Å². The Balaban J connectivity index is 0.000000643. The van der Waals surface area contributed by atoms with Crippen LogP contribution in [0.25, 0.3) is 0 Å². The number of nitrogens with zero attached hydrogens (tertiary/aromatic N) is 2. The van der Waals surface area contributed by atoms with Gasteiger partial charge in [0.05, 0.1) is 17.2 Å². The lowest BCUT2D eigenvalue weighted by Gasteiger charge is -2.31. The van der Waals surface area contributed by atoms with Gasteiger partial charge in [0.15, 0.2) is 11.5 Å². The third kappa shape index (κ3) is 9.47. The van der Waals surface area contributed by atoms with E-state index < -0.39 is 34.7 Å². The summed E-state index contributed by atoms with van der Waals surface area (Å²) >= 11 is 11.9. The van der Waals surface area contributed by atoms with Gasteiger partial charge in [0.25, 0.3) is 5.91 Å². The second-order valence-electron chi connectivity index (χ2n) is 8.70. The number of esters is 2. The van der Waals surface area contributed by atoms with Crippen LogP contribution in [0.5, 0.6) is 11.5 Å². The second kappa shape index (κ2) is 15.5. The molecule has 210 valence electrons. The van der Waals surface area contributed by atoms with Gasteiger partial charge in [-0.15, -0.1) is 0 Å². The highest BCUT2D eigenvalue weighted by molar-refractivity contribution is 6.39. The predicted octanol–water partition coefficient (Wildman–Crippen LogP) is 4.03. The van der Waals surface area contributed by atoms with Crippen molar-refractivity contribution in [3.05, 3.63) is 57.6 Å². The van der Waals surface area contributed by atoms with Crippen molar-refractivity contribution in [3.63, 3.8) is 0 Å². The number of carbonyl (C=O) groups is 3. The number of nitrogens with one attached hydrogen (secondary N) is 1. The van der Waals surface area contributed by atoms with Crippen LogP contribution in [-0.2, 0) is 20.7 Å². The number of amides is 1. The van der Waals surface area contributed by atoms with Crippen LogP contribution in [0, 0.1) is 0 Å². The topological polar surface area (TPSA) is 108 Å². The largest absolute Gasteiger partial charge is 0.505 e. The smallest absolute Gasteiger partial charge is 0.328 e. The Kier molecular flexibility index (Phi) is 12.8. The number of carbonyl (C=O) groups excluding carboxylic acids is 3. The zero-order chi connectivity index (χ0) is 28.2. The number of hydrogen-bond acceptors (Lipinski definition) is 8. The molecule has 1 atom stereocenters. The van der Waals surface area contributed by atoms with E-state index in [-0.39, 0.29) is 30.8 Å². The predicted molar refractivity (Wildman–Crippen MR) is 149 cm³/mol. The van der Waals surface area contributed by atoms with E-state index in [1.807, 2.05) is 6.07 Å². The molecule has 0 radical (unpaired) electrons. The molecule has 1 heterocycles. The van der Waals surface area contributed by atoms with Gasteiger partial charge in [-0.1, -0.05) is 60.5 Å². The van der Waals surface area contributed by atoms with Crippen LogP contribution in [0.3, 0.4) is 0 Å². The van der Waals surface area contributed by atoms with Crippen molar-refractivity contribution in [2.45, 2.75) is 33.2 Å². The highest BCUT2D eigenvalue weighted by atomic mass is 35.5. The molecule has 1 fully saturated rings. The van der Waals surface area contributed by atoms with Crippen LogP contribution in [-0.4, -0.2) is 85.2 Å². The normalized spacial score (nSPS) is 14.6. The van der Waals surface area contributed by atoms with Gasteiger partial charge >= 0.3 is 11.9 Å². The molecule has 0 bridgehead atoms. The van der Waals surface area contributed by atoms with E-state index in [1.165, 1.54) is 32.7 Å². The minimum Gasteiger partial charge on any atom is -0.505 e. The van der Waals surface area contributed by atoms with Gasteiger partial charge in [0.1, 0.15) is 11.1 Å². The molecule has 0 spiro atoms. The van der Waals surface area contributed by atoms with E-state index in [1.54, 1.807) is 31.2 Å². The number of rotatable bonds is 8. The fourth-order valence-corrected chi connectivity index (χ4v) is 4.18. The Bertz CT molecular complexity index is 1100.